The van der Waals surface area contributed by atoms with Gasteiger partial charge in [-0.25, -0.2) is 4.39 Å². The summed E-state index contributed by atoms with van der Waals surface area (Å²) in [7, 11) is 1.25. The molecule has 10 heteroatoms. The van der Waals surface area contributed by atoms with Gasteiger partial charge in [0.15, 0.2) is 11.6 Å². The van der Waals surface area contributed by atoms with Crippen LogP contribution in [0.2, 0.25) is 0 Å². The molecule has 0 radical (unpaired) electrons. The lowest BCUT2D eigenvalue weighted by Crippen LogP contribution is -2.33. The Bertz CT molecular complexity index is 1040. The second-order valence-electron chi connectivity index (χ2n) is 6.21. The number of hydrogen-bond acceptors (Lipinski definition) is 7. The van der Waals surface area contributed by atoms with Gasteiger partial charge in [0.1, 0.15) is 11.8 Å². The van der Waals surface area contributed by atoms with Gasteiger partial charge in [0.2, 0.25) is 5.82 Å². The first-order valence-corrected chi connectivity index (χ1v) is 9.43. The van der Waals surface area contributed by atoms with E-state index in [-0.39, 0.29) is 28.4 Å². The zero-order chi connectivity index (χ0) is 21.8. The molecule has 0 bridgehead atoms. The van der Waals surface area contributed by atoms with Gasteiger partial charge in [-0.2, -0.15) is 4.39 Å². The van der Waals surface area contributed by atoms with Crippen molar-refractivity contribution in [3.05, 3.63) is 64.1 Å². The van der Waals surface area contributed by atoms with Gasteiger partial charge in [-0.3, -0.25) is 19.7 Å². The van der Waals surface area contributed by atoms with E-state index < -0.39 is 34.8 Å². The lowest BCUT2D eigenvalue weighted by molar-refractivity contribution is -0.142. The maximum Gasteiger partial charge on any atom is 0.322 e. The molecule has 0 saturated carbocycles. The van der Waals surface area contributed by atoms with Gasteiger partial charge in [0.05, 0.1) is 12.0 Å². The number of hydrogen-bond donors (Lipinski definition) is 2. The van der Waals surface area contributed by atoms with Crippen LogP contribution in [0.5, 0.6) is 11.5 Å². The number of nitrogens with two attached hydrogens (primary N) is 1. The molecule has 1 atom stereocenters. The Labute approximate surface area is 174 Å². The second kappa shape index (κ2) is 9.06. The smallest absolute Gasteiger partial charge is 0.322 e. The molecule has 3 rings (SSSR count). The van der Waals surface area contributed by atoms with Crippen LogP contribution in [-0.4, -0.2) is 30.3 Å². The van der Waals surface area contributed by atoms with Crippen molar-refractivity contribution in [3.63, 3.8) is 0 Å². The molecule has 1 aliphatic heterocycles. The third-order valence-corrected chi connectivity index (χ3v) is 4.93. The standard InChI is InChI=1S/C20H16F2N2O5S/c1-28-19(26)13(23)8-10-2-5-12(6-3-10)29-14-7-4-11(16(21)17(14)22)9-15-18(25)24-20(27)30-15/h2-7,9,13H,8,23H2,1H3,(H,24,25,27)/b15-9+. The van der Waals surface area contributed by atoms with Crippen molar-refractivity contribution in [3.8, 4) is 11.5 Å². The number of ether oxygens (including phenoxy) is 2. The summed E-state index contributed by atoms with van der Waals surface area (Å²) >= 11 is 0.602. The molecule has 156 valence electrons. The highest BCUT2D eigenvalue weighted by atomic mass is 32.2. The lowest BCUT2D eigenvalue weighted by atomic mass is 10.1. The Balaban J connectivity index is 1.74. The Morgan fingerprint density at radius 1 is 1.17 bits per heavy atom. The SMILES string of the molecule is COC(=O)C(N)Cc1ccc(Oc2ccc(/C=C3/SC(=O)NC3=O)c(F)c2F)cc1. The first kappa shape index (κ1) is 21.5. The summed E-state index contributed by atoms with van der Waals surface area (Å²) in [5, 5.41) is 1.45. The molecule has 2 aromatic rings. The molecular weight excluding hydrogens is 418 g/mol. The quantitative estimate of drug-likeness (QED) is 0.531. The van der Waals surface area contributed by atoms with Crippen LogP contribution in [0.3, 0.4) is 0 Å². The van der Waals surface area contributed by atoms with E-state index in [0.29, 0.717) is 11.8 Å². The Kier molecular flexibility index (Phi) is 6.48. The highest BCUT2D eigenvalue weighted by Crippen LogP contribution is 2.31. The predicted octanol–water partition coefficient (Wildman–Crippen LogP) is 3.12. The zero-order valence-electron chi connectivity index (χ0n) is 15.6. The van der Waals surface area contributed by atoms with Crippen LogP contribution in [0.1, 0.15) is 11.1 Å². The molecule has 3 N–H and O–H groups in total. The molecule has 0 spiro atoms. The predicted molar refractivity (Wildman–Crippen MR) is 106 cm³/mol. The summed E-state index contributed by atoms with van der Waals surface area (Å²) in [5.41, 5.74) is 6.24. The molecule has 1 aliphatic rings. The van der Waals surface area contributed by atoms with Crippen molar-refractivity contribution in [2.75, 3.05) is 7.11 Å². The van der Waals surface area contributed by atoms with E-state index in [9.17, 15) is 23.2 Å². The lowest BCUT2D eigenvalue weighted by Gasteiger charge is -2.11. The minimum Gasteiger partial charge on any atom is -0.468 e. The largest absolute Gasteiger partial charge is 0.468 e. The molecular formula is C20H16F2N2O5S. The Morgan fingerprint density at radius 3 is 2.47 bits per heavy atom. The topological polar surface area (TPSA) is 108 Å². The first-order chi connectivity index (χ1) is 14.3. The van der Waals surface area contributed by atoms with Crippen LogP contribution in [0.4, 0.5) is 13.6 Å². The molecule has 1 fully saturated rings. The highest BCUT2D eigenvalue weighted by Gasteiger charge is 2.26. The van der Waals surface area contributed by atoms with Crippen molar-refractivity contribution in [1.82, 2.24) is 5.32 Å². The second-order valence-corrected chi connectivity index (χ2v) is 7.23. The number of benzene rings is 2. The average molecular weight is 434 g/mol. The Morgan fingerprint density at radius 2 is 1.87 bits per heavy atom. The number of amides is 2. The van der Waals surface area contributed by atoms with Crippen LogP contribution < -0.4 is 15.8 Å². The van der Waals surface area contributed by atoms with Gasteiger partial charge >= 0.3 is 5.97 Å². The van der Waals surface area contributed by atoms with Crippen LogP contribution in [0.15, 0.2) is 41.3 Å². The summed E-state index contributed by atoms with van der Waals surface area (Å²) in [6.45, 7) is 0. The van der Waals surface area contributed by atoms with E-state index in [1.54, 1.807) is 12.1 Å². The van der Waals surface area contributed by atoms with Gasteiger partial charge in [-0.1, -0.05) is 12.1 Å². The summed E-state index contributed by atoms with van der Waals surface area (Å²) in [6.07, 6.45) is 1.33. The number of carbonyl (C=O) groups is 3. The summed E-state index contributed by atoms with van der Waals surface area (Å²) in [4.78, 5) is 34.1. The number of halogens is 2. The third-order valence-electron chi connectivity index (χ3n) is 4.12. The van der Waals surface area contributed by atoms with Crippen LogP contribution in [-0.2, 0) is 20.7 Å². The van der Waals surface area contributed by atoms with Crippen molar-refractivity contribution in [2.45, 2.75) is 12.5 Å². The van der Waals surface area contributed by atoms with E-state index in [1.165, 1.54) is 31.4 Å². The molecule has 1 saturated heterocycles. The average Bonchev–Trinajstić information content (AvgIpc) is 3.05. The van der Waals surface area contributed by atoms with E-state index >= 15 is 0 Å². The molecule has 1 unspecified atom stereocenters. The minimum atomic E-state index is -1.24. The van der Waals surface area contributed by atoms with Crippen molar-refractivity contribution < 1.29 is 32.6 Å². The monoisotopic (exact) mass is 434 g/mol. The van der Waals surface area contributed by atoms with Gasteiger partial charge in [-0.15, -0.1) is 0 Å². The molecule has 0 aliphatic carbocycles. The molecule has 2 amide bonds. The third kappa shape index (κ3) is 4.84. The Hall–Kier alpha value is -3.24. The van der Waals surface area contributed by atoms with E-state index in [1.807, 2.05) is 5.32 Å². The number of carbonyl (C=O) groups excluding carboxylic acids is 3. The maximum absolute atomic E-state index is 14.4. The number of imide groups is 1. The fourth-order valence-electron chi connectivity index (χ4n) is 2.61. The number of thioether (sulfide) groups is 1. The molecule has 2 aromatic carbocycles. The fraction of sp³-hybridized carbons (Fsp3) is 0.150. The van der Waals surface area contributed by atoms with Gasteiger partial charge < -0.3 is 15.2 Å². The normalized spacial score (nSPS) is 15.8. The first-order valence-electron chi connectivity index (χ1n) is 8.61. The van der Waals surface area contributed by atoms with Crippen molar-refractivity contribution in [1.29, 1.82) is 0 Å². The summed E-state index contributed by atoms with van der Waals surface area (Å²) in [6, 6.07) is 7.96. The molecule has 1 heterocycles. The van der Waals surface area contributed by atoms with Gasteiger partial charge in [0, 0.05) is 5.56 Å². The van der Waals surface area contributed by atoms with Crippen molar-refractivity contribution >= 4 is 35.0 Å². The number of methoxy groups -OCH3 is 1. The van der Waals surface area contributed by atoms with Crippen LogP contribution in [0.25, 0.3) is 6.08 Å². The number of nitrogens with one attached hydrogen (secondary N) is 1. The molecule has 0 aromatic heterocycles. The number of esters is 1. The highest BCUT2D eigenvalue weighted by molar-refractivity contribution is 8.18. The zero-order valence-corrected chi connectivity index (χ0v) is 16.4. The van der Waals surface area contributed by atoms with Crippen LogP contribution in [0, 0.1) is 11.6 Å². The summed E-state index contributed by atoms with van der Waals surface area (Å²) < 4.78 is 38.7. The van der Waals surface area contributed by atoms with E-state index in [2.05, 4.69) is 4.74 Å². The van der Waals surface area contributed by atoms with Crippen molar-refractivity contribution in [2.24, 2.45) is 5.73 Å². The molecule has 7 nitrogen and oxygen atoms in total. The van der Waals surface area contributed by atoms with E-state index in [0.717, 1.165) is 11.6 Å². The number of rotatable bonds is 6. The molecule has 30 heavy (non-hydrogen) atoms. The van der Waals surface area contributed by atoms with Gasteiger partial charge in [0.25, 0.3) is 11.1 Å². The van der Waals surface area contributed by atoms with Crippen LogP contribution >= 0.6 is 11.8 Å². The maximum atomic E-state index is 14.4. The summed E-state index contributed by atoms with van der Waals surface area (Å²) in [5.74, 6) is -3.78. The van der Waals surface area contributed by atoms with E-state index in [4.69, 9.17) is 10.5 Å². The minimum absolute atomic E-state index is 0.0345. The van der Waals surface area contributed by atoms with Gasteiger partial charge in [-0.05, 0) is 54.1 Å². The fourth-order valence-corrected chi connectivity index (χ4v) is 3.28.